The molecule has 6 aromatic rings. The van der Waals surface area contributed by atoms with Crippen molar-refractivity contribution in [1.29, 1.82) is 0 Å². The summed E-state index contributed by atoms with van der Waals surface area (Å²) in [4.78, 5) is 24.3. The second kappa shape index (κ2) is 16.2. The third-order valence-corrected chi connectivity index (χ3v) is 9.20. The Labute approximate surface area is 322 Å². The van der Waals surface area contributed by atoms with Gasteiger partial charge in [0.1, 0.15) is 57.2 Å². The van der Waals surface area contributed by atoms with Crippen LogP contribution in [0, 0.1) is 34.9 Å². The van der Waals surface area contributed by atoms with Gasteiger partial charge in [-0.05, 0) is 98.5 Å². The fourth-order valence-electron chi connectivity index (χ4n) is 6.06. The summed E-state index contributed by atoms with van der Waals surface area (Å²) in [7, 11) is 0. The van der Waals surface area contributed by atoms with E-state index >= 15 is 0 Å². The minimum atomic E-state index is -2.85. The number of amides is 2. The van der Waals surface area contributed by atoms with Gasteiger partial charge in [-0.3, -0.25) is 9.59 Å². The number of nitrogens with one attached hydrogen (secondary N) is 2. The number of nitrogens with zero attached hydrogens (tertiary/aromatic N) is 4. The second-order valence-corrected chi connectivity index (χ2v) is 13.4. The van der Waals surface area contributed by atoms with E-state index in [1.165, 1.54) is 30.3 Å². The maximum absolute atomic E-state index is 14.7. The van der Waals surface area contributed by atoms with Crippen molar-refractivity contribution in [3.8, 4) is 11.4 Å². The van der Waals surface area contributed by atoms with Crippen LogP contribution in [0.1, 0.15) is 93.9 Å². The highest BCUT2D eigenvalue weighted by Crippen LogP contribution is 2.43. The van der Waals surface area contributed by atoms with Gasteiger partial charge in [0.05, 0.1) is 5.69 Å². The number of hydrogen-bond acceptors (Lipinski definition) is 4. The molecule has 2 N–H and O–H groups in total. The Kier molecular flexibility index (Phi) is 11.1. The third kappa shape index (κ3) is 8.45. The topological polar surface area (TPSA) is 93.8 Å². The lowest BCUT2D eigenvalue weighted by atomic mass is 10.1. The molecular formula is C40H28F10N6O2. The zero-order valence-electron chi connectivity index (χ0n) is 29.6. The fraction of sp³-hybridized carbons (Fsp3) is 0.200. The summed E-state index contributed by atoms with van der Waals surface area (Å²) >= 11 is 0. The van der Waals surface area contributed by atoms with Crippen LogP contribution in [0.2, 0.25) is 0 Å². The van der Waals surface area contributed by atoms with Gasteiger partial charge >= 0.3 is 0 Å². The van der Waals surface area contributed by atoms with E-state index in [-0.39, 0.29) is 34.6 Å². The Balaban J connectivity index is 0.000000177. The molecule has 2 aliphatic carbocycles. The normalized spacial score (nSPS) is 13.7. The average molecular weight is 815 g/mol. The number of benzene rings is 4. The summed E-state index contributed by atoms with van der Waals surface area (Å²) in [6, 6.07) is 15.2. The summed E-state index contributed by atoms with van der Waals surface area (Å²) in [5.41, 5.74) is -1.93. The molecule has 4 aromatic carbocycles. The van der Waals surface area contributed by atoms with E-state index in [1.807, 2.05) is 0 Å². The fourth-order valence-corrected chi connectivity index (χ4v) is 6.06. The molecule has 0 bridgehead atoms. The Morgan fingerprint density at radius 2 is 1.02 bits per heavy atom. The highest BCUT2D eigenvalue weighted by molar-refractivity contribution is 6.05. The first-order valence-corrected chi connectivity index (χ1v) is 17.6. The van der Waals surface area contributed by atoms with Crippen LogP contribution < -0.4 is 10.6 Å². The van der Waals surface area contributed by atoms with Crippen LogP contribution in [0.5, 0.6) is 0 Å². The molecule has 2 saturated carbocycles. The molecule has 8 nitrogen and oxygen atoms in total. The van der Waals surface area contributed by atoms with Crippen LogP contribution in [-0.4, -0.2) is 31.4 Å². The largest absolute Gasteiger partial charge is 0.322 e. The maximum Gasteiger partial charge on any atom is 0.282 e. The zero-order chi connectivity index (χ0) is 41.4. The van der Waals surface area contributed by atoms with E-state index in [1.54, 1.807) is 0 Å². The Bertz CT molecular complexity index is 2330. The standard InChI is InChI=1S/2C20H14F5N3O/c21-12-2-1-3-13(22)18(12)20(29)26-11-6-7-16(14(23)8-11)28-17(10-4-5-10)9-15(27-28)19(24)25;21-12-2-1-3-13(22)18(12)20(29)26-11-6-7-16(14(23)8-11)28-17(19(24)25)9-15(27-28)10-4-5-10/h2*1-3,6-10,19H,4-5H2,(H,26,29). The molecule has 2 aromatic heterocycles. The smallest absolute Gasteiger partial charge is 0.282 e. The van der Waals surface area contributed by atoms with Crippen LogP contribution in [0.3, 0.4) is 0 Å². The summed E-state index contributed by atoms with van der Waals surface area (Å²) in [5.74, 6) is -8.03. The van der Waals surface area contributed by atoms with Gasteiger partial charge in [0, 0.05) is 28.9 Å². The SMILES string of the molecule is O=C(Nc1ccc(-n2nc(C(F)F)cc2C2CC2)c(F)c1)c1c(F)cccc1F.O=C(Nc1ccc(-n2nc(C3CC3)cc2C(F)F)c(F)c1)c1c(F)cccc1F. The Hall–Kier alpha value is -6.46. The highest BCUT2D eigenvalue weighted by atomic mass is 19.3. The number of carbonyl (C=O) groups excluding carboxylic acids is 2. The van der Waals surface area contributed by atoms with E-state index in [0.717, 1.165) is 89.6 Å². The number of aromatic nitrogens is 4. The van der Waals surface area contributed by atoms with E-state index in [0.29, 0.717) is 11.4 Å². The third-order valence-electron chi connectivity index (χ3n) is 9.20. The quantitative estimate of drug-likeness (QED) is 0.135. The lowest BCUT2D eigenvalue weighted by Gasteiger charge is -2.11. The van der Waals surface area contributed by atoms with Gasteiger partial charge in [0.15, 0.2) is 11.6 Å². The van der Waals surface area contributed by atoms with Gasteiger partial charge in [0.25, 0.3) is 24.7 Å². The van der Waals surface area contributed by atoms with E-state index < -0.39 is 82.1 Å². The zero-order valence-corrected chi connectivity index (χ0v) is 29.6. The number of alkyl halides is 4. The van der Waals surface area contributed by atoms with Crippen LogP contribution in [0.25, 0.3) is 11.4 Å². The monoisotopic (exact) mass is 814 g/mol. The van der Waals surface area contributed by atoms with Crippen molar-refractivity contribution in [1.82, 2.24) is 19.6 Å². The molecule has 2 heterocycles. The van der Waals surface area contributed by atoms with Gasteiger partial charge in [-0.15, -0.1) is 0 Å². The molecule has 0 saturated heterocycles. The molecule has 0 unspecified atom stereocenters. The van der Waals surface area contributed by atoms with Crippen LogP contribution >= 0.6 is 0 Å². The molecule has 0 spiro atoms. The second-order valence-electron chi connectivity index (χ2n) is 13.4. The molecule has 8 rings (SSSR count). The van der Waals surface area contributed by atoms with Gasteiger partial charge in [-0.1, -0.05) is 12.1 Å². The number of carbonyl (C=O) groups is 2. The highest BCUT2D eigenvalue weighted by Gasteiger charge is 2.32. The molecule has 2 fully saturated rings. The lowest BCUT2D eigenvalue weighted by Crippen LogP contribution is -2.16. The first-order valence-electron chi connectivity index (χ1n) is 17.6. The van der Waals surface area contributed by atoms with Gasteiger partial charge in [-0.2, -0.15) is 10.2 Å². The van der Waals surface area contributed by atoms with Crippen molar-refractivity contribution in [2.45, 2.75) is 50.4 Å². The molecular weight excluding hydrogens is 786 g/mol. The predicted octanol–water partition coefficient (Wildman–Crippen LogP) is 10.7. The molecule has 2 aliphatic rings. The van der Waals surface area contributed by atoms with Gasteiger partial charge in [-0.25, -0.2) is 53.3 Å². The van der Waals surface area contributed by atoms with Crippen LogP contribution in [0.4, 0.5) is 55.3 Å². The summed E-state index contributed by atoms with van der Waals surface area (Å²) in [6.45, 7) is 0. The van der Waals surface area contributed by atoms with Crippen LogP contribution in [0.15, 0.2) is 84.9 Å². The summed E-state index contributed by atoms with van der Waals surface area (Å²) < 4.78 is 139. The molecule has 2 amide bonds. The van der Waals surface area contributed by atoms with Crippen molar-refractivity contribution >= 4 is 23.2 Å². The van der Waals surface area contributed by atoms with Crippen molar-refractivity contribution in [2.75, 3.05) is 10.6 Å². The molecule has 0 aliphatic heterocycles. The average Bonchev–Trinajstić information content (AvgIpc) is 4.10. The molecule has 0 radical (unpaired) electrons. The first-order chi connectivity index (χ1) is 27.7. The van der Waals surface area contributed by atoms with Crippen molar-refractivity contribution in [3.63, 3.8) is 0 Å². The van der Waals surface area contributed by atoms with Crippen molar-refractivity contribution in [3.05, 3.63) is 154 Å². The number of hydrogen-bond donors (Lipinski definition) is 2. The van der Waals surface area contributed by atoms with Crippen molar-refractivity contribution < 1.29 is 53.5 Å². The van der Waals surface area contributed by atoms with E-state index in [9.17, 15) is 53.5 Å². The minimum Gasteiger partial charge on any atom is -0.322 e. The molecule has 0 atom stereocenters. The number of anilines is 2. The first kappa shape index (κ1) is 39.8. The van der Waals surface area contributed by atoms with Gasteiger partial charge < -0.3 is 10.6 Å². The maximum atomic E-state index is 14.7. The molecule has 300 valence electrons. The number of halogens is 10. The Morgan fingerprint density at radius 3 is 1.43 bits per heavy atom. The Morgan fingerprint density at radius 1 is 0.552 bits per heavy atom. The van der Waals surface area contributed by atoms with E-state index in [2.05, 4.69) is 20.8 Å². The molecule has 18 heteroatoms. The minimum absolute atomic E-state index is 0.0396. The van der Waals surface area contributed by atoms with E-state index in [4.69, 9.17) is 0 Å². The predicted molar refractivity (Wildman–Crippen MR) is 190 cm³/mol. The lowest BCUT2D eigenvalue weighted by molar-refractivity contribution is 0.101. The van der Waals surface area contributed by atoms with Crippen LogP contribution in [-0.2, 0) is 0 Å². The van der Waals surface area contributed by atoms with Gasteiger partial charge in [0.2, 0.25) is 0 Å². The molecule has 58 heavy (non-hydrogen) atoms. The number of rotatable bonds is 10. The summed E-state index contributed by atoms with van der Waals surface area (Å²) in [6.07, 6.45) is -2.33. The summed E-state index contributed by atoms with van der Waals surface area (Å²) in [5, 5.41) is 12.3. The van der Waals surface area contributed by atoms with Crippen molar-refractivity contribution in [2.24, 2.45) is 0 Å².